The van der Waals surface area contributed by atoms with Crippen molar-refractivity contribution >= 4 is 62.3 Å². The molecule has 0 spiro atoms. The van der Waals surface area contributed by atoms with E-state index >= 15 is 0 Å². The van der Waals surface area contributed by atoms with Gasteiger partial charge in [0.05, 0.1) is 15.5 Å². The molecular weight excluding hydrogens is 418 g/mol. The van der Waals surface area contributed by atoms with Gasteiger partial charge < -0.3 is 10.6 Å². The second kappa shape index (κ2) is 9.86. The van der Waals surface area contributed by atoms with E-state index in [1.54, 1.807) is 24.3 Å². The van der Waals surface area contributed by atoms with E-state index in [-0.39, 0.29) is 22.8 Å². The number of anilines is 2. The molecule has 0 bridgehead atoms. The molecule has 1 atom stereocenters. The molecule has 0 saturated carbocycles. The number of nitrogens with one attached hydrogen (secondary N) is 2. The zero-order valence-corrected chi connectivity index (χ0v) is 18.7. The number of rotatable bonds is 8. The zero-order chi connectivity index (χ0) is 21.7. The summed E-state index contributed by atoms with van der Waals surface area (Å²) in [7, 11) is 0. The number of Topliss-reactive ketones (excluding diaryl/α,β-unsaturated/α-hetero) is 1. The molecule has 1 heterocycles. The largest absolute Gasteiger partial charge is 0.326 e. The monoisotopic (exact) mass is 441 g/mol. The van der Waals surface area contributed by atoms with Crippen molar-refractivity contribution in [1.29, 1.82) is 0 Å². The lowest BCUT2D eigenvalue weighted by Crippen LogP contribution is -2.24. The molecule has 6 nitrogen and oxygen atoms in total. The van der Waals surface area contributed by atoms with Crippen LogP contribution < -0.4 is 10.6 Å². The molecule has 0 unspecified atom stereocenters. The molecule has 2 N–H and O–H groups in total. The number of amides is 2. The molecule has 0 aliphatic carbocycles. The Hall–Kier alpha value is -2.71. The van der Waals surface area contributed by atoms with Crippen LogP contribution in [0, 0.1) is 0 Å². The summed E-state index contributed by atoms with van der Waals surface area (Å²) in [6.45, 7) is 5.28. The maximum Gasteiger partial charge on any atom is 0.237 e. The summed E-state index contributed by atoms with van der Waals surface area (Å²) in [6.07, 6.45) is 1.07. The first-order valence-electron chi connectivity index (χ1n) is 9.68. The van der Waals surface area contributed by atoms with Gasteiger partial charge in [-0.1, -0.05) is 25.6 Å². The van der Waals surface area contributed by atoms with Crippen LogP contribution in [-0.2, 0) is 9.59 Å². The van der Waals surface area contributed by atoms with Crippen molar-refractivity contribution in [3.63, 3.8) is 0 Å². The average Bonchev–Trinajstić information content (AvgIpc) is 3.13. The number of hydrogen-bond donors (Lipinski definition) is 2. The van der Waals surface area contributed by atoms with E-state index in [1.807, 2.05) is 32.0 Å². The highest BCUT2D eigenvalue weighted by Crippen LogP contribution is 2.34. The van der Waals surface area contributed by atoms with Crippen LogP contribution in [0.2, 0.25) is 0 Å². The van der Waals surface area contributed by atoms with Gasteiger partial charge in [0.1, 0.15) is 0 Å². The predicted molar refractivity (Wildman–Crippen MR) is 124 cm³/mol. The summed E-state index contributed by atoms with van der Waals surface area (Å²) in [6, 6.07) is 12.5. The molecule has 2 amide bonds. The number of thiazole rings is 1. The van der Waals surface area contributed by atoms with Crippen LogP contribution >= 0.6 is 23.1 Å². The van der Waals surface area contributed by atoms with Crippen LogP contribution in [0.25, 0.3) is 10.2 Å². The number of carbonyl (C=O) groups excluding carboxylic acids is 3. The van der Waals surface area contributed by atoms with Gasteiger partial charge in [0.2, 0.25) is 11.8 Å². The lowest BCUT2D eigenvalue weighted by atomic mass is 10.1. The van der Waals surface area contributed by atoms with E-state index in [4.69, 9.17) is 0 Å². The van der Waals surface area contributed by atoms with Gasteiger partial charge in [-0.25, -0.2) is 4.98 Å². The molecule has 0 saturated heterocycles. The maximum atomic E-state index is 12.7. The number of fused-ring (bicyclic) bond motifs is 1. The molecule has 2 aromatic carbocycles. The molecule has 156 valence electrons. The fraction of sp³-hybridized carbons (Fsp3) is 0.273. The molecule has 0 radical (unpaired) electrons. The van der Waals surface area contributed by atoms with Crippen LogP contribution in [0.3, 0.4) is 0 Å². The van der Waals surface area contributed by atoms with E-state index < -0.39 is 0 Å². The minimum atomic E-state index is -0.294. The maximum absolute atomic E-state index is 12.7. The highest BCUT2D eigenvalue weighted by Gasteiger charge is 2.20. The predicted octanol–water partition coefficient (Wildman–Crippen LogP) is 5.36. The Labute approximate surface area is 183 Å². The first kappa shape index (κ1) is 22.0. The molecule has 8 heteroatoms. The Morgan fingerprint density at radius 3 is 2.37 bits per heavy atom. The quantitative estimate of drug-likeness (QED) is 0.363. The van der Waals surface area contributed by atoms with Gasteiger partial charge in [0.15, 0.2) is 10.1 Å². The summed E-state index contributed by atoms with van der Waals surface area (Å²) >= 11 is 2.93. The summed E-state index contributed by atoms with van der Waals surface area (Å²) in [5.74, 6) is -0.149. The van der Waals surface area contributed by atoms with Crippen molar-refractivity contribution in [3.05, 3.63) is 48.0 Å². The molecule has 3 rings (SSSR count). The standard InChI is InChI=1S/C22H23N3O3S2/c1-4-18(21(28)24-15-8-6-14(7-9-15)13(3)26)29-22-25-17-11-10-16(12-19(17)30-22)23-20(27)5-2/h6-12,18H,4-5H2,1-3H3,(H,23,27)(H,24,28)/t18-/m0/s1. The third-order valence-corrected chi connectivity index (χ3v) is 6.92. The fourth-order valence-corrected chi connectivity index (χ4v) is 5.01. The normalized spacial score (nSPS) is 11.8. The van der Waals surface area contributed by atoms with E-state index in [9.17, 15) is 14.4 Å². The van der Waals surface area contributed by atoms with Crippen molar-refractivity contribution < 1.29 is 14.4 Å². The van der Waals surface area contributed by atoms with Gasteiger partial charge in [-0.2, -0.15) is 0 Å². The number of benzene rings is 2. The summed E-state index contributed by atoms with van der Waals surface area (Å²) < 4.78 is 1.76. The van der Waals surface area contributed by atoms with Crippen LogP contribution in [0.15, 0.2) is 46.8 Å². The van der Waals surface area contributed by atoms with E-state index in [0.29, 0.717) is 24.1 Å². The second-order valence-corrected chi connectivity index (χ2v) is 9.18. The van der Waals surface area contributed by atoms with Crippen molar-refractivity contribution in [2.24, 2.45) is 0 Å². The molecule has 3 aromatic rings. The highest BCUT2D eigenvalue weighted by atomic mass is 32.2. The van der Waals surface area contributed by atoms with Gasteiger partial charge in [-0.05, 0) is 55.8 Å². The average molecular weight is 442 g/mol. The summed E-state index contributed by atoms with van der Waals surface area (Å²) in [5.41, 5.74) is 2.85. The Morgan fingerprint density at radius 2 is 1.73 bits per heavy atom. The minimum absolute atomic E-state index is 0.0110. The molecule has 1 aromatic heterocycles. The summed E-state index contributed by atoms with van der Waals surface area (Å²) in [4.78, 5) is 40.3. The van der Waals surface area contributed by atoms with Gasteiger partial charge in [-0.15, -0.1) is 11.3 Å². The Morgan fingerprint density at radius 1 is 1.03 bits per heavy atom. The van der Waals surface area contributed by atoms with Gasteiger partial charge in [0.25, 0.3) is 0 Å². The number of carbonyl (C=O) groups is 3. The molecular formula is C22H23N3O3S2. The lowest BCUT2D eigenvalue weighted by Gasteiger charge is -2.13. The molecule has 0 aliphatic rings. The number of thioether (sulfide) groups is 1. The van der Waals surface area contributed by atoms with Crippen molar-refractivity contribution in [2.45, 2.75) is 43.2 Å². The van der Waals surface area contributed by atoms with Crippen molar-refractivity contribution in [3.8, 4) is 0 Å². The van der Waals surface area contributed by atoms with E-state index in [1.165, 1.54) is 30.0 Å². The van der Waals surface area contributed by atoms with Gasteiger partial charge in [0, 0.05) is 23.4 Å². The van der Waals surface area contributed by atoms with Gasteiger partial charge >= 0.3 is 0 Å². The van der Waals surface area contributed by atoms with Crippen molar-refractivity contribution in [2.75, 3.05) is 10.6 Å². The SMILES string of the molecule is CCC(=O)Nc1ccc2nc(S[C@@H](CC)C(=O)Nc3ccc(C(C)=O)cc3)sc2c1. The zero-order valence-electron chi connectivity index (χ0n) is 17.0. The third-order valence-electron chi connectivity index (χ3n) is 4.44. The number of hydrogen-bond acceptors (Lipinski definition) is 6. The van der Waals surface area contributed by atoms with Crippen LogP contribution in [0.4, 0.5) is 11.4 Å². The number of nitrogens with zero attached hydrogens (tertiary/aromatic N) is 1. The lowest BCUT2D eigenvalue weighted by molar-refractivity contribution is -0.116. The van der Waals surface area contributed by atoms with Crippen LogP contribution in [0.1, 0.15) is 44.0 Å². The van der Waals surface area contributed by atoms with Gasteiger partial charge in [-0.3, -0.25) is 14.4 Å². The van der Waals surface area contributed by atoms with E-state index in [0.717, 1.165) is 20.2 Å². The number of aromatic nitrogens is 1. The fourth-order valence-electron chi connectivity index (χ4n) is 2.74. The smallest absolute Gasteiger partial charge is 0.237 e. The highest BCUT2D eigenvalue weighted by molar-refractivity contribution is 8.02. The molecule has 30 heavy (non-hydrogen) atoms. The molecule has 0 aliphatic heterocycles. The Bertz CT molecular complexity index is 1080. The summed E-state index contributed by atoms with van der Waals surface area (Å²) in [5, 5.41) is 5.46. The number of ketones is 1. The first-order valence-corrected chi connectivity index (χ1v) is 11.4. The van der Waals surface area contributed by atoms with Crippen molar-refractivity contribution in [1.82, 2.24) is 4.98 Å². The molecule has 0 fully saturated rings. The minimum Gasteiger partial charge on any atom is -0.326 e. The third kappa shape index (κ3) is 5.46. The Kier molecular flexibility index (Phi) is 7.23. The Balaban J connectivity index is 1.69. The second-order valence-electron chi connectivity index (χ2n) is 6.70. The van der Waals surface area contributed by atoms with E-state index in [2.05, 4.69) is 15.6 Å². The van der Waals surface area contributed by atoms with Crippen LogP contribution in [-0.4, -0.2) is 27.8 Å². The topological polar surface area (TPSA) is 88.2 Å². The van der Waals surface area contributed by atoms with Crippen LogP contribution in [0.5, 0.6) is 0 Å². The first-order chi connectivity index (χ1) is 14.4.